The first kappa shape index (κ1) is 16.5. The lowest BCUT2D eigenvalue weighted by Gasteiger charge is -2.33. The van der Waals surface area contributed by atoms with Crippen LogP contribution in [0.1, 0.15) is 30.9 Å². The van der Waals surface area contributed by atoms with Crippen LogP contribution in [-0.2, 0) is 4.79 Å². The Bertz CT molecular complexity index is 942. The van der Waals surface area contributed by atoms with Crippen LogP contribution in [0, 0.1) is 5.41 Å². The van der Waals surface area contributed by atoms with E-state index in [-0.39, 0.29) is 5.78 Å². The van der Waals surface area contributed by atoms with Crippen LogP contribution < -0.4 is 0 Å². The first-order chi connectivity index (χ1) is 12.8. The van der Waals surface area contributed by atoms with Crippen molar-refractivity contribution in [1.82, 2.24) is 0 Å². The van der Waals surface area contributed by atoms with Gasteiger partial charge in [0, 0.05) is 0 Å². The molecule has 0 saturated carbocycles. The average molecular weight is 338 g/mol. The highest BCUT2D eigenvalue weighted by Gasteiger charge is 2.47. The third-order valence-corrected chi connectivity index (χ3v) is 5.22. The van der Waals surface area contributed by atoms with Crippen molar-refractivity contribution in [2.75, 3.05) is 0 Å². The number of carbonyl (C=O) groups excluding carboxylic acids is 1. The zero-order chi connectivity index (χ0) is 18.0. The van der Waals surface area contributed by atoms with Gasteiger partial charge in [0.1, 0.15) is 5.41 Å². The lowest BCUT2D eigenvalue weighted by atomic mass is 9.67. The molecule has 128 valence electrons. The predicted molar refractivity (Wildman–Crippen MR) is 108 cm³/mol. The summed E-state index contributed by atoms with van der Waals surface area (Å²) in [5.41, 5.74) is 5.02. The van der Waals surface area contributed by atoms with Gasteiger partial charge in [-0.25, -0.2) is 0 Å². The molecule has 0 aliphatic heterocycles. The van der Waals surface area contributed by atoms with E-state index in [9.17, 15) is 4.79 Å². The van der Waals surface area contributed by atoms with Gasteiger partial charge in [-0.15, -0.1) is 0 Å². The normalized spacial score (nSPS) is 21.6. The number of allylic oxidation sites excluding steroid dienone is 8. The van der Waals surface area contributed by atoms with E-state index >= 15 is 0 Å². The van der Waals surface area contributed by atoms with Crippen molar-refractivity contribution in [2.45, 2.75) is 19.8 Å². The fourth-order valence-corrected chi connectivity index (χ4v) is 4.15. The average Bonchev–Trinajstić information content (AvgIpc) is 3.00. The van der Waals surface area contributed by atoms with Gasteiger partial charge in [-0.3, -0.25) is 4.79 Å². The van der Waals surface area contributed by atoms with Crippen LogP contribution in [0.5, 0.6) is 0 Å². The number of rotatable bonds is 4. The van der Waals surface area contributed by atoms with Crippen LogP contribution in [0.25, 0.3) is 11.1 Å². The number of ketones is 1. The highest BCUT2D eigenvalue weighted by atomic mass is 16.1. The largest absolute Gasteiger partial charge is 0.293 e. The molecule has 0 fully saturated rings. The van der Waals surface area contributed by atoms with E-state index in [1.54, 1.807) is 6.08 Å². The fraction of sp³-hybridized carbons (Fsp3) is 0.160. The summed E-state index contributed by atoms with van der Waals surface area (Å²) in [6.45, 7) is 2.19. The zero-order valence-corrected chi connectivity index (χ0v) is 15.0. The van der Waals surface area contributed by atoms with Gasteiger partial charge >= 0.3 is 0 Å². The van der Waals surface area contributed by atoms with Gasteiger partial charge in [0.05, 0.1) is 0 Å². The molecule has 1 atom stereocenters. The Morgan fingerprint density at radius 2 is 1.50 bits per heavy atom. The second kappa shape index (κ2) is 6.76. The van der Waals surface area contributed by atoms with Gasteiger partial charge in [0.25, 0.3) is 0 Å². The number of hydrogen-bond acceptors (Lipinski definition) is 1. The summed E-state index contributed by atoms with van der Waals surface area (Å²) in [5, 5.41) is 0. The third-order valence-electron chi connectivity index (χ3n) is 5.22. The Kier molecular flexibility index (Phi) is 4.30. The molecule has 0 N–H and O–H groups in total. The summed E-state index contributed by atoms with van der Waals surface area (Å²) in [6.07, 6.45) is 11.9. The minimum absolute atomic E-state index is 0.139. The first-order valence-corrected chi connectivity index (χ1v) is 9.24. The quantitative estimate of drug-likeness (QED) is 0.666. The van der Waals surface area contributed by atoms with E-state index in [1.165, 1.54) is 5.57 Å². The van der Waals surface area contributed by atoms with Crippen LogP contribution in [0.3, 0.4) is 0 Å². The minimum Gasteiger partial charge on any atom is -0.293 e. The second-order valence-electron chi connectivity index (χ2n) is 6.83. The van der Waals surface area contributed by atoms with Crippen molar-refractivity contribution in [2.24, 2.45) is 5.41 Å². The van der Waals surface area contributed by atoms with E-state index in [0.29, 0.717) is 0 Å². The molecule has 0 heterocycles. The summed E-state index contributed by atoms with van der Waals surface area (Å²) in [4.78, 5) is 13.3. The number of hydrogen-bond donors (Lipinski definition) is 0. The highest BCUT2D eigenvalue weighted by molar-refractivity contribution is 6.19. The van der Waals surface area contributed by atoms with Crippen LogP contribution in [0.2, 0.25) is 0 Å². The molecule has 1 unspecified atom stereocenters. The number of carbonyl (C=O) groups is 1. The van der Waals surface area contributed by atoms with Crippen molar-refractivity contribution >= 4 is 16.9 Å². The molecule has 1 spiro atoms. The maximum Gasteiger partial charge on any atom is 0.174 e. The summed E-state index contributed by atoms with van der Waals surface area (Å²) < 4.78 is 0. The zero-order valence-electron chi connectivity index (χ0n) is 15.0. The van der Waals surface area contributed by atoms with Crippen molar-refractivity contribution < 1.29 is 4.79 Å². The minimum atomic E-state index is -0.720. The molecular weight excluding hydrogens is 316 g/mol. The molecule has 1 nitrogen and oxygen atoms in total. The molecule has 0 saturated heterocycles. The van der Waals surface area contributed by atoms with Gasteiger partial charge in [-0.05, 0) is 40.3 Å². The Hall–Kier alpha value is -2.93. The second-order valence-corrected chi connectivity index (χ2v) is 6.83. The van der Waals surface area contributed by atoms with Crippen LogP contribution in [0.4, 0.5) is 0 Å². The molecule has 0 aromatic heterocycles. The lowest BCUT2D eigenvalue weighted by Crippen LogP contribution is -2.30. The van der Waals surface area contributed by atoms with Gasteiger partial charge in [0.2, 0.25) is 0 Å². The van der Waals surface area contributed by atoms with Crippen LogP contribution >= 0.6 is 0 Å². The van der Waals surface area contributed by atoms with Gasteiger partial charge < -0.3 is 0 Å². The molecule has 0 amide bonds. The van der Waals surface area contributed by atoms with E-state index < -0.39 is 5.41 Å². The topological polar surface area (TPSA) is 17.1 Å². The summed E-state index contributed by atoms with van der Waals surface area (Å²) in [6, 6.07) is 20.7. The molecule has 0 radical (unpaired) electrons. The molecule has 2 aromatic carbocycles. The first-order valence-electron chi connectivity index (χ1n) is 9.24. The van der Waals surface area contributed by atoms with E-state index in [4.69, 9.17) is 0 Å². The Morgan fingerprint density at radius 3 is 2.12 bits per heavy atom. The van der Waals surface area contributed by atoms with Crippen molar-refractivity contribution in [3.63, 3.8) is 0 Å². The van der Waals surface area contributed by atoms with Crippen molar-refractivity contribution in [3.8, 4) is 0 Å². The van der Waals surface area contributed by atoms with Gasteiger partial charge in [-0.2, -0.15) is 0 Å². The molecule has 2 aliphatic carbocycles. The lowest BCUT2D eigenvalue weighted by molar-refractivity contribution is -0.117. The molecule has 2 aliphatic rings. The maximum absolute atomic E-state index is 13.3. The molecule has 26 heavy (non-hydrogen) atoms. The maximum atomic E-state index is 13.3. The van der Waals surface area contributed by atoms with E-state index in [2.05, 4.69) is 43.3 Å². The van der Waals surface area contributed by atoms with E-state index in [0.717, 1.165) is 35.1 Å². The smallest absolute Gasteiger partial charge is 0.174 e. The predicted octanol–water partition coefficient (Wildman–Crippen LogP) is 6.02. The van der Waals surface area contributed by atoms with Crippen molar-refractivity contribution in [3.05, 3.63) is 108 Å². The van der Waals surface area contributed by atoms with Crippen LogP contribution in [0.15, 0.2) is 96.6 Å². The molecule has 2 aromatic rings. The number of benzene rings is 2. The monoisotopic (exact) mass is 338 g/mol. The molecular formula is C25H22O. The Morgan fingerprint density at radius 1 is 0.846 bits per heavy atom. The standard InChI is InChI=1S/C25H22O/c1-2-11-21-18-22(19-12-5-3-6-13-19)25(17-10-9-16-23(25)26)24(21)20-14-7-4-8-15-20/h3-10,12-18H,2,11H2,1H3. The Balaban J connectivity index is 1.99. The molecule has 1 heteroatoms. The SMILES string of the molecule is CCCC1=C(c2ccccc2)C2(C=CC=CC2=O)C(c2ccccc2)=C1. The molecule has 4 rings (SSSR count). The van der Waals surface area contributed by atoms with Gasteiger partial charge in [0.15, 0.2) is 5.78 Å². The third kappa shape index (κ3) is 2.52. The Labute approximate surface area is 155 Å². The summed E-state index contributed by atoms with van der Waals surface area (Å²) in [5.74, 6) is 0.139. The van der Waals surface area contributed by atoms with E-state index in [1.807, 2.05) is 48.6 Å². The van der Waals surface area contributed by atoms with Gasteiger partial charge in [-0.1, -0.05) is 98.3 Å². The summed E-state index contributed by atoms with van der Waals surface area (Å²) >= 11 is 0. The van der Waals surface area contributed by atoms with Crippen molar-refractivity contribution in [1.29, 1.82) is 0 Å². The highest BCUT2D eigenvalue weighted by Crippen LogP contribution is 2.56. The summed E-state index contributed by atoms with van der Waals surface area (Å²) in [7, 11) is 0. The fourth-order valence-electron chi connectivity index (χ4n) is 4.15. The van der Waals surface area contributed by atoms with Crippen LogP contribution in [-0.4, -0.2) is 5.78 Å². The molecule has 0 bridgehead atoms.